The fourth-order valence-corrected chi connectivity index (χ4v) is 3.00. The van der Waals surface area contributed by atoms with Crippen molar-refractivity contribution in [1.29, 1.82) is 0 Å². The molecule has 5 heteroatoms. The molecule has 0 amide bonds. The van der Waals surface area contributed by atoms with Crippen molar-refractivity contribution in [3.8, 4) is 0 Å². The fourth-order valence-electron chi connectivity index (χ4n) is 1.93. The van der Waals surface area contributed by atoms with E-state index in [0.717, 1.165) is 38.6 Å². The van der Waals surface area contributed by atoms with Crippen molar-refractivity contribution in [3.63, 3.8) is 0 Å². The fraction of sp³-hybridized carbons (Fsp3) is 0.500. The van der Waals surface area contributed by atoms with Crippen LogP contribution < -0.4 is 0 Å². The van der Waals surface area contributed by atoms with Crippen molar-refractivity contribution in [2.45, 2.75) is 4.90 Å². The van der Waals surface area contributed by atoms with E-state index in [-0.39, 0.29) is 11.7 Å². The van der Waals surface area contributed by atoms with E-state index in [0.29, 0.717) is 5.56 Å². The van der Waals surface area contributed by atoms with Gasteiger partial charge in [0.1, 0.15) is 0 Å². The molecule has 1 fully saturated rings. The Kier molecular flexibility index (Phi) is 6.17. The van der Waals surface area contributed by atoms with E-state index in [4.69, 9.17) is 16.3 Å². The van der Waals surface area contributed by atoms with Crippen molar-refractivity contribution in [1.82, 2.24) is 4.90 Å². The summed E-state index contributed by atoms with van der Waals surface area (Å²) >= 11 is 7.34. The number of thioether (sulfide) groups is 1. The molecule has 2 rings (SSSR count). The van der Waals surface area contributed by atoms with E-state index in [1.165, 1.54) is 4.90 Å². The summed E-state index contributed by atoms with van der Waals surface area (Å²) in [5.41, 5.74) is 0.688. The lowest BCUT2D eigenvalue weighted by atomic mass is 10.1. The molecule has 0 bridgehead atoms. The van der Waals surface area contributed by atoms with E-state index in [2.05, 4.69) is 4.90 Å². The maximum atomic E-state index is 11.4. The molecule has 3 nitrogen and oxygen atoms in total. The third-order valence-corrected chi connectivity index (χ3v) is 4.31. The van der Waals surface area contributed by atoms with Gasteiger partial charge in [-0.3, -0.25) is 9.69 Å². The molecule has 0 radical (unpaired) electrons. The first-order valence-corrected chi connectivity index (χ1v) is 7.94. The van der Waals surface area contributed by atoms with Crippen LogP contribution in [0.2, 0.25) is 0 Å². The van der Waals surface area contributed by atoms with Crippen molar-refractivity contribution in [3.05, 3.63) is 29.8 Å². The van der Waals surface area contributed by atoms with Crippen molar-refractivity contribution in [2.24, 2.45) is 0 Å². The number of hydrogen-bond acceptors (Lipinski definition) is 4. The summed E-state index contributed by atoms with van der Waals surface area (Å²) in [6.45, 7) is 4.84. The molecule has 1 aliphatic heterocycles. The Balaban J connectivity index is 1.75. The average Bonchev–Trinajstić information content (AvgIpc) is 2.48. The van der Waals surface area contributed by atoms with Gasteiger partial charge in [0.2, 0.25) is 0 Å². The molecule has 0 aromatic heterocycles. The zero-order valence-electron chi connectivity index (χ0n) is 10.8. The van der Waals surface area contributed by atoms with Crippen LogP contribution in [0.4, 0.5) is 0 Å². The van der Waals surface area contributed by atoms with Crippen LogP contribution in [-0.4, -0.2) is 55.2 Å². The summed E-state index contributed by atoms with van der Waals surface area (Å²) in [6, 6.07) is 7.68. The molecule has 1 saturated heterocycles. The molecular weight excluding hydrogens is 282 g/mol. The number of benzene rings is 1. The first kappa shape index (κ1) is 14.9. The van der Waals surface area contributed by atoms with Gasteiger partial charge in [0.15, 0.2) is 5.78 Å². The molecule has 0 aliphatic carbocycles. The highest BCUT2D eigenvalue weighted by Gasteiger charge is 2.09. The minimum absolute atomic E-state index is 0.0217. The van der Waals surface area contributed by atoms with E-state index < -0.39 is 0 Å². The van der Waals surface area contributed by atoms with Gasteiger partial charge in [-0.15, -0.1) is 23.4 Å². The number of nitrogens with zero attached hydrogens (tertiary/aromatic N) is 1. The number of carbonyl (C=O) groups excluding carboxylic acids is 1. The minimum Gasteiger partial charge on any atom is -0.379 e. The lowest BCUT2D eigenvalue weighted by Gasteiger charge is -2.26. The molecule has 1 aromatic carbocycles. The normalized spacial score (nSPS) is 16.5. The molecule has 1 aliphatic rings. The van der Waals surface area contributed by atoms with E-state index >= 15 is 0 Å². The first-order valence-electron chi connectivity index (χ1n) is 6.42. The number of morpholine rings is 1. The maximum Gasteiger partial charge on any atom is 0.177 e. The number of rotatable bonds is 6. The van der Waals surface area contributed by atoms with Crippen LogP contribution in [0.5, 0.6) is 0 Å². The Morgan fingerprint density at radius 1 is 1.26 bits per heavy atom. The van der Waals surface area contributed by atoms with Gasteiger partial charge in [-0.05, 0) is 12.1 Å². The van der Waals surface area contributed by atoms with Gasteiger partial charge in [-0.2, -0.15) is 0 Å². The largest absolute Gasteiger partial charge is 0.379 e. The lowest BCUT2D eigenvalue weighted by molar-refractivity contribution is 0.0410. The van der Waals surface area contributed by atoms with Crippen molar-refractivity contribution < 1.29 is 9.53 Å². The van der Waals surface area contributed by atoms with E-state index in [1.54, 1.807) is 0 Å². The molecule has 1 heterocycles. The summed E-state index contributed by atoms with van der Waals surface area (Å²) in [5, 5.41) is 0. The molecular formula is C14H18ClNO2S. The molecule has 104 valence electrons. The van der Waals surface area contributed by atoms with Gasteiger partial charge < -0.3 is 4.74 Å². The van der Waals surface area contributed by atoms with Gasteiger partial charge in [-0.1, -0.05) is 12.1 Å². The van der Waals surface area contributed by atoms with Crippen LogP contribution in [0.25, 0.3) is 0 Å². The van der Waals surface area contributed by atoms with Gasteiger partial charge in [0, 0.05) is 35.8 Å². The summed E-state index contributed by atoms with van der Waals surface area (Å²) in [4.78, 5) is 15.0. The topological polar surface area (TPSA) is 29.5 Å². The number of hydrogen-bond donors (Lipinski definition) is 0. The number of Topliss-reactive ketones (excluding diaryl/α,β-unsaturated/α-hetero) is 1. The summed E-state index contributed by atoms with van der Waals surface area (Å²) in [5.74, 6) is 1.08. The van der Waals surface area contributed by atoms with Crippen molar-refractivity contribution in [2.75, 3.05) is 44.5 Å². The second-order valence-electron chi connectivity index (χ2n) is 4.38. The summed E-state index contributed by atoms with van der Waals surface area (Å²) in [7, 11) is 0. The average molecular weight is 300 g/mol. The first-order chi connectivity index (χ1) is 9.29. The van der Waals surface area contributed by atoms with Gasteiger partial charge >= 0.3 is 0 Å². The van der Waals surface area contributed by atoms with Crippen molar-refractivity contribution >= 4 is 29.1 Å². The second kappa shape index (κ2) is 7.90. The molecule has 0 saturated carbocycles. The minimum atomic E-state index is -0.0217. The number of alkyl halides is 1. The van der Waals surface area contributed by atoms with Crippen LogP contribution in [0.15, 0.2) is 29.2 Å². The van der Waals surface area contributed by atoms with Gasteiger partial charge in [0.25, 0.3) is 0 Å². The molecule has 0 spiro atoms. The quantitative estimate of drug-likeness (QED) is 0.459. The Bertz CT molecular complexity index is 404. The number of ketones is 1. The second-order valence-corrected chi connectivity index (χ2v) is 5.82. The predicted octanol–water partition coefficient (Wildman–Crippen LogP) is 2.53. The smallest absolute Gasteiger partial charge is 0.177 e. The highest BCUT2D eigenvalue weighted by Crippen LogP contribution is 2.19. The third-order valence-electron chi connectivity index (χ3n) is 3.08. The highest BCUT2D eigenvalue weighted by atomic mass is 35.5. The van der Waals surface area contributed by atoms with Crippen LogP contribution in [-0.2, 0) is 4.74 Å². The zero-order valence-corrected chi connectivity index (χ0v) is 12.4. The molecule has 1 aromatic rings. The van der Waals surface area contributed by atoms with E-state index in [9.17, 15) is 4.79 Å². The molecule has 0 unspecified atom stereocenters. The standard InChI is InChI=1S/C14H18ClNO2S/c15-11-14(17)12-1-3-13(4-2-12)19-10-7-16-5-8-18-9-6-16/h1-4H,5-11H2. The number of carbonyl (C=O) groups is 1. The predicted molar refractivity (Wildman–Crippen MR) is 79.5 cm³/mol. The number of ether oxygens (including phenoxy) is 1. The van der Waals surface area contributed by atoms with Crippen LogP contribution in [0.3, 0.4) is 0 Å². The summed E-state index contributed by atoms with van der Waals surface area (Å²) < 4.78 is 5.32. The molecule has 19 heavy (non-hydrogen) atoms. The monoisotopic (exact) mass is 299 g/mol. The number of halogens is 1. The maximum absolute atomic E-state index is 11.4. The van der Waals surface area contributed by atoms with Crippen LogP contribution >= 0.6 is 23.4 Å². The Morgan fingerprint density at radius 2 is 1.95 bits per heavy atom. The van der Waals surface area contributed by atoms with Crippen LogP contribution in [0.1, 0.15) is 10.4 Å². The third kappa shape index (κ3) is 4.80. The Labute approximate surface area is 123 Å². The molecule has 0 atom stereocenters. The highest BCUT2D eigenvalue weighted by molar-refractivity contribution is 7.99. The zero-order chi connectivity index (χ0) is 13.5. The lowest BCUT2D eigenvalue weighted by Crippen LogP contribution is -2.37. The Hall–Kier alpha value is -0.550. The Morgan fingerprint density at radius 3 is 2.58 bits per heavy atom. The summed E-state index contributed by atoms with van der Waals surface area (Å²) in [6.07, 6.45) is 0. The van der Waals surface area contributed by atoms with E-state index in [1.807, 2.05) is 36.0 Å². The molecule has 0 N–H and O–H groups in total. The van der Waals surface area contributed by atoms with Gasteiger partial charge in [0.05, 0.1) is 19.1 Å². The van der Waals surface area contributed by atoms with Gasteiger partial charge in [-0.25, -0.2) is 0 Å². The van der Waals surface area contributed by atoms with Crippen LogP contribution in [0, 0.1) is 0 Å². The SMILES string of the molecule is O=C(CCl)c1ccc(SCCN2CCOCC2)cc1.